The van der Waals surface area contributed by atoms with Crippen molar-refractivity contribution in [3.05, 3.63) is 63.6 Å². The van der Waals surface area contributed by atoms with E-state index in [-0.39, 0.29) is 11.9 Å². The average Bonchev–Trinajstić information content (AvgIpc) is 3.42. The predicted octanol–water partition coefficient (Wildman–Crippen LogP) is 2.96. The first-order valence-electron chi connectivity index (χ1n) is 10.2. The van der Waals surface area contributed by atoms with E-state index >= 15 is 0 Å². The average molecular weight is 462 g/mol. The molecule has 3 aromatic rings. The summed E-state index contributed by atoms with van der Waals surface area (Å²) >= 11 is 1.54. The number of benzene rings is 1. The Balaban J connectivity index is 1.67. The first kappa shape index (κ1) is 23.0. The first-order chi connectivity index (χ1) is 15.0. The van der Waals surface area contributed by atoms with Crippen LogP contribution in [0.25, 0.3) is 0 Å². The fourth-order valence-electron chi connectivity index (χ4n) is 3.11. The third-order valence-corrected chi connectivity index (χ3v) is 6.26. The fraction of sp³-hybridized carbons (Fsp3) is 0.381. The molecule has 1 aromatic carbocycles. The highest BCUT2D eigenvalue weighted by molar-refractivity contribution is 7.73. The Hall–Kier alpha value is -2.72. The molecule has 0 radical (unpaired) electrons. The minimum Gasteiger partial charge on any atom is -0.348 e. The Labute approximate surface area is 187 Å². The molecule has 0 aliphatic carbocycles. The molecule has 10 heteroatoms. The van der Waals surface area contributed by atoms with Gasteiger partial charge in [0, 0.05) is 30.1 Å². The van der Waals surface area contributed by atoms with Crippen LogP contribution in [0.2, 0.25) is 0 Å². The maximum Gasteiger partial charge on any atom is 0.222 e. The SMILES string of the molecule is CCc1c[nH]c(CCC(=O)N[C@@H](Cc2ccc(N[SH](=O)=O)cc2)c2nc(CC)cs2)n1. The van der Waals surface area contributed by atoms with Crippen LogP contribution in [0.15, 0.2) is 35.8 Å². The zero-order valence-corrected chi connectivity index (χ0v) is 19.3. The van der Waals surface area contributed by atoms with Crippen molar-refractivity contribution in [3.8, 4) is 0 Å². The number of aromatic amines is 1. The van der Waals surface area contributed by atoms with Crippen LogP contribution in [0.1, 0.15) is 54.1 Å². The van der Waals surface area contributed by atoms with Gasteiger partial charge in [0.25, 0.3) is 0 Å². The minimum absolute atomic E-state index is 0.0608. The van der Waals surface area contributed by atoms with E-state index in [9.17, 15) is 13.2 Å². The first-order valence-corrected chi connectivity index (χ1v) is 12.3. The Kier molecular flexibility index (Phi) is 8.19. The van der Waals surface area contributed by atoms with Crippen molar-refractivity contribution in [2.75, 3.05) is 4.72 Å². The highest BCUT2D eigenvalue weighted by atomic mass is 32.2. The van der Waals surface area contributed by atoms with Crippen LogP contribution in [-0.4, -0.2) is 29.3 Å². The van der Waals surface area contributed by atoms with Gasteiger partial charge in [-0.1, -0.05) is 26.0 Å². The number of imidazole rings is 1. The van der Waals surface area contributed by atoms with Gasteiger partial charge in [0.1, 0.15) is 10.8 Å². The van der Waals surface area contributed by atoms with Crippen molar-refractivity contribution in [1.29, 1.82) is 0 Å². The summed E-state index contributed by atoms with van der Waals surface area (Å²) in [5, 5.41) is 5.99. The number of anilines is 1. The van der Waals surface area contributed by atoms with Crippen molar-refractivity contribution < 1.29 is 13.2 Å². The smallest absolute Gasteiger partial charge is 0.222 e. The molecular formula is C21H27N5O3S2. The summed E-state index contributed by atoms with van der Waals surface area (Å²) < 4.78 is 24.0. The Morgan fingerprint density at radius 3 is 2.48 bits per heavy atom. The van der Waals surface area contributed by atoms with Crippen molar-refractivity contribution in [2.24, 2.45) is 0 Å². The predicted molar refractivity (Wildman–Crippen MR) is 123 cm³/mol. The van der Waals surface area contributed by atoms with Crippen LogP contribution in [0.3, 0.4) is 0 Å². The number of carbonyl (C=O) groups is 1. The molecule has 1 atom stereocenters. The van der Waals surface area contributed by atoms with Gasteiger partial charge in [-0.25, -0.2) is 18.4 Å². The second kappa shape index (κ2) is 11.1. The number of thiazole rings is 1. The molecule has 8 nitrogen and oxygen atoms in total. The van der Waals surface area contributed by atoms with Gasteiger partial charge in [-0.3, -0.25) is 9.52 Å². The van der Waals surface area contributed by atoms with Gasteiger partial charge in [-0.15, -0.1) is 11.3 Å². The second-order valence-corrected chi connectivity index (χ2v) is 8.74. The van der Waals surface area contributed by atoms with E-state index in [2.05, 4.69) is 25.0 Å². The molecule has 2 aromatic heterocycles. The quantitative estimate of drug-likeness (QED) is 0.328. The van der Waals surface area contributed by atoms with Gasteiger partial charge in [-0.2, -0.15) is 0 Å². The maximum absolute atomic E-state index is 12.7. The molecule has 31 heavy (non-hydrogen) atoms. The highest BCUT2D eigenvalue weighted by Crippen LogP contribution is 2.24. The molecule has 0 saturated heterocycles. The third kappa shape index (κ3) is 6.90. The molecule has 0 aliphatic rings. The van der Waals surface area contributed by atoms with E-state index in [1.807, 2.05) is 37.6 Å². The lowest BCUT2D eigenvalue weighted by molar-refractivity contribution is -0.121. The normalized spacial score (nSPS) is 12.1. The largest absolute Gasteiger partial charge is 0.348 e. The van der Waals surface area contributed by atoms with Gasteiger partial charge in [0.15, 0.2) is 0 Å². The Morgan fingerprint density at radius 2 is 1.87 bits per heavy atom. The number of hydrogen-bond donors (Lipinski definition) is 4. The van der Waals surface area contributed by atoms with Gasteiger partial charge in [0.2, 0.25) is 16.8 Å². The van der Waals surface area contributed by atoms with Crippen molar-refractivity contribution in [2.45, 2.75) is 52.0 Å². The molecule has 0 spiro atoms. The Morgan fingerprint density at radius 1 is 1.13 bits per heavy atom. The number of hydrogen-bond acceptors (Lipinski definition) is 6. The zero-order valence-electron chi connectivity index (χ0n) is 17.6. The lowest BCUT2D eigenvalue weighted by atomic mass is 10.1. The maximum atomic E-state index is 12.7. The van der Waals surface area contributed by atoms with E-state index in [4.69, 9.17) is 0 Å². The van der Waals surface area contributed by atoms with Crippen molar-refractivity contribution >= 4 is 33.8 Å². The summed E-state index contributed by atoms with van der Waals surface area (Å²) in [4.78, 5) is 24.9. The molecular weight excluding hydrogens is 434 g/mol. The van der Waals surface area contributed by atoms with E-state index in [0.29, 0.717) is 24.9 Å². The minimum atomic E-state index is -2.70. The summed E-state index contributed by atoms with van der Waals surface area (Å²) in [6.07, 6.45) is 5.01. The van der Waals surface area contributed by atoms with Crippen LogP contribution in [0.4, 0.5) is 5.69 Å². The van der Waals surface area contributed by atoms with Gasteiger partial charge >= 0.3 is 0 Å². The summed E-state index contributed by atoms with van der Waals surface area (Å²) in [5.74, 6) is 0.750. The lowest BCUT2D eigenvalue weighted by Gasteiger charge is -2.17. The van der Waals surface area contributed by atoms with Crippen LogP contribution in [0, 0.1) is 0 Å². The van der Waals surface area contributed by atoms with E-state index < -0.39 is 10.9 Å². The zero-order chi connectivity index (χ0) is 22.2. The third-order valence-electron chi connectivity index (χ3n) is 4.81. The molecule has 0 bridgehead atoms. The number of amides is 1. The molecule has 3 rings (SSSR count). The number of aryl methyl sites for hydroxylation is 3. The van der Waals surface area contributed by atoms with Gasteiger partial charge in [-0.05, 0) is 37.0 Å². The van der Waals surface area contributed by atoms with Crippen LogP contribution in [-0.2, 0) is 41.4 Å². The number of aromatic nitrogens is 3. The Bertz CT molecular complexity index is 1060. The number of nitrogens with zero attached hydrogens (tertiary/aromatic N) is 2. The number of H-pyrrole nitrogens is 1. The van der Waals surface area contributed by atoms with Crippen LogP contribution < -0.4 is 10.0 Å². The lowest BCUT2D eigenvalue weighted by Crippen LogP contribution is -2.30. The van der Waals surface area contributed by atoms with E-state index in [0.717, 1.165) is 40.6 Å². The van der Waals surface area contributed by atoms with Crippen LogP contribution in [0.5, 0.6) is 0 Å². The van der Waals surface area contributed by atoms with Crippen molar-refractivity contribution in [1.82, 2.24) is 20.3 Å². The number of thiol groups is 1. The topological polar surface area (TPSA) is 117 Å². The molecule has 0 fully saturated rings. The molecule has 3 N–H and O–H groups in total. The fourth-order valence-corrected chi connectivity index (χ4v) is 4.43. The molecule has 166 valence electrons. The summed E-state index contributed by atoms with van der Waals surface area (Å²) in [6.45, 7) is 4.09. The van der Waals surface area contributed by atoms with Gasteiger partial charge < -0.3 is 10.3 Å². The molecule has 0 saturated carbocycles. The summed E-state index contributed by atoms with van der Waals surface area (Å²) in [7, 11) is -2.70. The highest BCUT2D eigenvalue weighted by Gasteiger charge is 2.19. The number of carbonyl (C=O) groups excluding carboxylic acids is 1. The summed E-state index contributed by atoms with van der Waals surface area (Å²) in [6, 6.07) is 6.87. The standard InChI is InChI=1S/C21H27N5O3S2/c1-3-15-12-22-19(23-15)9-10-20(27)25-18(21-24-16(4-2)13-30-21)11-14-5-7-17(8-6-14)26-31(28)29/h5-8,12-13,18,31H,3-4,9-11H2,1-2H3,(H,22,23)(H,25,27)(H,26,28,29)/t18-/m0/s1. The second-order valence-electron chi connectivity index (χ2n) is 7.11. The molecule has 0 aliphatic heterocycles. The molecule has 1 amide bonds. The van der Waals surface area contributed by atoms with E-state index in [1.54, 1.807) is 12.1 Å². The van der Waals surface area contributed by atoms with Gasteiger partial charge in [0.05, 0.1) is 17.4 Å². The van der Waals surface area contributed by atoms with E-state index in [1.165, 1.54) is 11.3 Å². The number of nitrogens with one attached hydrogen (secondary N) is 3. The number of rotatable bonds is 11. The molecule has 2 heterocycles. The van der Waals surface area contributed by atoms with Crippen LogP contribution >= 0.6 is 11.3 Å². The van der Waals surface area contributed by atoms with Crippen molar-refractivity contribution in [3.63, 3.8) is 0 Å². The summed E-state index contributed by atoms with van der Waals surface area (Å²) in [5.41, 5.74) is 3.47. The monoisotopic (exact) mass is 461 g/mol. The molecule has 0 unspecified atom stereocenters.